The summed E-state index contributed by atoms with van der Waals surface area (Å²) in [6, 6.07) is 19.3. The highest BCUT2D eigenvalue weighted by Gasteiger charge is 2.26. The number of carboxylic acid groups (broad SMARTS) is 1. The number of hydrogen-bond donors (Lipinski definition) is 3. The van der Waals surface area contributed by atoms with Gasteiger partial charge in [0, 0.05) is 43.6 Å². The number of fused-ring (bicyclic) bond motifs is 2. The molecule has 2 aliphatic rings. The molecule has 0 bridgehead atoms. The fourth-order valence-corrected chi connectivity index (χ4v) is 7.89. The van der Waals surface area contributed by atoms with Gasteiger partial charge in [0.15, 0.2) is 17.2 Å². The number of aromatic nitrogens is 4. The third-order valence-corrected chi connectivity index (χ3v) is 10.9. The van der Waals surface area contributed by atoms with Crippen molar-refractivity contribution in [3.05, 3.63) is 94.4 Å². The van der Waals surface area contributed by atoms with Gasteiger partial charge in [-0.05, 0) is 110 Å². The Morgan fingerprint density at radius 2 is 1.62 bits per heavy atom. The number of nitrogens with zero attached hydrogens (tertiary/aromatic N) is 7. The third-order valence-electron chi connectivity index (χ3n) is 10.9. The van der Waals surface area contributed by atoms with Gasteiger partial charge in [0.05, 0.1) is 23.1 Å². The number of anilines is 2. The van der Waals surface area contributed by atoms with E-state index in [1.165, 1.54) is 0 Å². The van der Waals surface area contributed by atoms with E-state index < -0.39 is 18.2 Å². The maximum Gasteiger partial charge on any atom is 0.306 e. The number of rotatable bonds is 10. The van der Waals surface area contributed by atoms with E-state index in [2.05, 4.69) is 36.1 Å². The summed E-state index contributed by atoms with van der Waals surface area (Å²) in [4.78, 5) is 33.5. The van der Waals surface area contributed by atoms with Gasteiger partial charge < -0.3 is 19.9 Å². The number of aliphatic carboxylic acids is 1. The van der Waals surface area contributed by atoms with Crippen molar-refractivity contribution in [1.29, 1.82) is 5.26 Å². The van der Waals surface area contributed by atoms with Crippen LogP contribution in [0.3, 0.4) is 0 Å². The first-order valence-corrected chi connectivity index (χ1v) is 18.7. The minimum absolute atomic E-state index is 0.169. The number of aliphatic hydroxyl groups is 1. The van der Waals surface area contributed by atoms with Gasteiger partial charge in [-0.2, -0.15) is 5.26 Å². The number of oxazole rings is 1. The van der Waals surface area contributed by atoms with Crippen LogP contribution in [0.4, 0.5) is 20.3 Å². The minimum Gasteiger partial charge on any atom is -0.481 e. The average molecular weight is 759 g/mol. The molecule has 8 rings (SSSR count). The van der Waals surface area contributed by atoms with Crippen molar-refractivity contribution in [3.63, 3.8) is 0 Å². The maximum atomic E-state index is 14.1. The van der Waals surface area contributed by atoms with E-state index in [-0.39, 0.29) is 17.8 Å². The topological polar surface area (TPSA) is 165 Å². The number of β-amino-alcohol motifs (C(OH)–C–C–N with tert-alkyl or cyclic N) is 1. The van der Waals surface area contributed by atoms with Gasteiger partial charge in [0.1, 0.15) is 17.1 Å². The number of benzene rings is 3. The normalized spacial score (nSPS) is 16.9. The zero-order valence-electron chi connectivity index (χ0n) is 31.0. The van der Waals surface area contributed by atoms with Crippen LogP contribution >= 0.6 is 0 Å². The summed E-state index contributed by atoms with van der Waals surface area (Å²) in [6.45, 7) is 7.65. The van der Waals surface area contributed by atoms with E-state index in [0.717, 1.165) is 45.5 Å². The Hall–Kier alpha value is -5.88. The molecular formula is C42H40F2N8O4. The lowest BCUT2D eigenvalue weighted by Crippen LogP contribution is -2.35. The van der Waals surface area contributed by atoms with Crippen LogP contribution in [-0.2, 0) is 17.9 Å². The quantitative estimate of drug-likeness (QED) is 0.126. The van der Waals surface area contributed by atoms with E-state index in [4.69, 9.17) is 9.40 Å². The largest absolute Gasteiger partial charge is 0.481 e. The first-order chi connectivity index (χ1) is 27.0. The molecule has 2 fully saturated rings. The van der Waals surface area contributed by atoms with E-state index in [0.29, 0.717) is 91.3 Å². The molecule has 6 aromatic rings. The number of alkyl halides is 2. The van der Waals surface area contributed by atoms with Crippen LogP contribution < -0.4 is 5.32 Å². The molecule has 3 N–H and O–H groups in total. The molecule has 3 aromatic heterocycles. The summed E-state index contributed by atoms with van der Waals surface area (Å²) < 4.78 is 34.4. The molecule has 0 saturated carbocycles. The van der Waals surface area contributed by atoms with Crippen LogP contribution in [0, 0.1) is 31.1 Å². The van der Waals surface area contributed by atoms with Crippen LogP contribution in [-0.4, -0.2) is 78.2 Å². The van der Waals surface area contributed by atoms with Crippen molar-refractivity contribution in [2.45, 2.75) is 58.7 Å². The van der Waals surface area contributed by atoms with Gasteiger partial charge in [0.2, 0.25) is 5.89 Å². The molecule has 2 saturated heterocycles. The SMILES string of the molecule is Cc1c(Nc2nc(C(F)F)nc3cc(CN4CC[C@H](O)C4)cnc23)cccc1-c1cccc(-c2nc3cc(CN4CCC(C(=O)O)CC4)cc(C#N)c3o2)c1C. The zero-order valence-corrected chi connectivity index (χ0v) is 31.0. The Morgan fingerprint density at radius 3 is 2.34 bits per heavy atom. The van der Waals surface area contributed by atoms with Crippen molar-refractivity contribution in [2.24, 2.45) is 5.92 Å². The van der Waals surface area contributed by atoms with Crippen molar-refractivity contribution in [1.82, 2.24) is 29.7 Å². The molecule has 0 unspecified atom stereocenters. The Labute approximate surface area is 321 Å². The number of carboxylic acids is 1. The highest BCUT2D eigenvalue weighted by molar-refractivity contribution is 5.90. The molecular weight excluding hydrogens is 719 g/mol. The van der Waals surface area contributed by atoms with Gasteiger partial charge in [-0.3, -0.25) is 19.6 Å². The molecule has 14 heteroatoms. The standard InChI is InChI=1S/C42H40F2N8O4/c1-23-30(5-3-7-32(23)41-49-35-16-25(15-28(18-45)37(35)56-41)20-51-12-9-27(10-13-51)42(54)55)31-6-4-8-33(24(31)2)47-39-36-34(48-40(50-39)38(43)44)17-26(19-46-36)21-52-14-11-29(53)22-52/h3-8,15-17,19,27,29,38,53H,9-14,20-22H2,1-2H3,(H,54,55)(H,47,48,50)/t29-/m0/s1. The summed E-state index contributed by atoms with van der Waals surface area (Å²) in [7, 11) is 0. The molecule has 0 radical (unpaired) electrons. The van der Waals surface area contributed by atoms with Gasteiger partial charge in [-0.15, -0.1) is 0 Å². The summed E-state index contributed by atoms with van der Waals surface area (Å²) in [5, 5.41) is 32.6. The first-order valence-electron chi connectivity index (χ1n) is 18.7. The number of hydrogen-bond acceptors (Lipinski definition) is 11. The smallest absolute Gasteiger partial charge is 0.306 e. The monoisotopic (exact) mass is 758 g/mol. The number of piperidine rings is 1. The molecule has 0 spiro atoms. The van der Waals surface area contributed by atoms with E-state index in [1.807, 2.05) is 62.4 Å². The van der Waals surface area contributed by atoms with E-state index >= 15 is 0 Å². The van der Waals surface area contributed by atoms with Gasteiger partial charge in [0.25, 0.3) is 6.43 Å². The van der Waals surface area contributed by atoms with Crippen LogP contribution in [0.2, 0.25) is 0 Å². The second-order valence-electron chi connectivity index (χ2n) is 14.7. The number of carbonyl (C=O) groups is 1. The van der Waals surface area contributed by atoms with Crippen molar-refractivity contribution in [2.75, 3.05) is 31.5 Å². The number of nitrogens with one attached hydrogen (secondary N) is 1. The van der Waals surface area contributed by atoms with E-state index in [1.54, 1.807) is 12.3 Å². The highest BCUT2D eigenvalue weighted by Crippen LogP contribution is 2.38. The van der Waals surface area contributed by atoms with E-state index in [9.17, 15) is 29.1 Å². The Balaban J connectivity index is 1.08. The van der Waals surface area contributed by atoms with Crippen LogP contribution in [0.15, 0.2) is 65.2 Å². The van der Waals surface area contributed by atoms with Crippen LogP contribution in [0.5, 0.6) is 0 Å². The number of nitriles is 1. The van der Waals surface area contributed by atoms with Gasteiger partial charge >= 0.3 is 5.97 Å². The lowest BCUT2D eigenvalue weighted by atomic mass is 9.93. The Bertz CT molecular complexity index is 2510. The number of pyridine rings is 1. The first kappa shape index (κ1) is 37.1. The van der Waals surface area contributed by atoms with Crippen LogP contribution in [0.1, 0.15) is 59.3 Å². The number of aliphatic hydroxyl groups excluding tert-OH is 1. The van der Waals surface area contributed by atoms with Gasteiger partial charge in [-0.25, -0.2) is 23.7 Å². The fraction of sp³-hybridized carbons (Fsp3) is 0.333. The summed E-state index contributed by atoms with van der Waals surface area (Å²) in [5.74, 6) is -1.13. The molecule has 2 aliphatic heterocycles. The Kier molecular flexibility index (Phi) is 10.1. The van der Waals surface area contributed by atoms with Crippen molar-refractivity contribution < 1.29 is 28.2 Å². The highest BCUT2D eigenvalue weighted by atomic mass is 19.3. The third kappa shape index (κ3) is 7.40. The molecule has 0 amide bonds. The predicted octanol–water partition coefficient (Wildman–Crippen LogP) is 7.53. The molecule has 3 aromatic carbocycles. The second kappa shape index (κ2) is 15.3. The fourth-order valence-electron chi connectivity index (χ4n) is 7.89. The molecule has 1 atom stereocenters. The maximum absolute atomic E-state index is 14.1. The van der Waals surface area contributed by atoms with Gasteiger partial charge in [-0.1, -0.05) is 24.3 Å². The number of likely N-dealkylation sites (tertiary alicyclic amines) is 2. The lowest BCUT2D eigenvalue weighted by molar-refractivity contribution is -0.143. The van der Waals surface area contributed by atoms with Crippen LogP contribution in [0.25, 0.3) is 44.7 Å². The zero-order chi connectivity index (χ0) is 39.1. The minimum atomic E-state index is -2.89. The second-order valence-corrected chi connectivity index (χ2v) is 14.7. The predicted molar refractivity (Wildman–Crippen MR) is 206 cm³/mol. The summed E-state index contributed by atoms with van der Waals surface area (Å²) >= 11 is 0. The molecule has 0 aliphatic carbocycles. The summed E-state index contributed by atoms with van der Waals surface area (Å²) in [5.41, 5.74) is 8.69. The lowest BCUT2D eigenvalue weighted by Gasteiger charge is -2.30. The molecule has 56 heavy (non-hydrogen) atoms. The Morgan fingerprint density at radius 1 is 0.929 bits per heavy atom. The average Bonchev–Trinajstić information content (AvgIpc) is 3.81. The molecule has 5 heterocycles. The van der Waals surface area contributed by atoms with Crippen molar-refractivity contribution in [3.8, 4) is 28.7 Å². The summed E-state index contributed by atoms with van der Waals surface area (Å²) in [6.07, 6.45) is 0.303. The molecule has 286 valence electrons. The van der Waals surface area contributed by atoms with Crippen molar-refractivity contribution >= 4 is 39.6 Å². The molecule has 12 nitrogen and oxygen atoms in total. The number of halogens is 2.